The van der Waals surface area contributed by atoms with E-state index in [1.165, 1.54) is 0 Å². The average Bonchev–Trinajstić information content (AvgIpc) is 2.28. The van der Waals surface area contributed by atoms with E-state index in [0.717, 1.165) is 45.4 Å². The van der Waals surface area contributed by atoms with E-state index in [9.17, 15) is 4.79 Å². The second-order valence-electron chi connectivity index (χ2n) is 6.04. The average molecular weight is 255 g/mol. The fourth-order valence-electron chi connectivity index (χ4n) is 2.82. The summed E-state index contributed by atoms with van der Waals surface area (Å²) in [5.41, 5.74) is 5.36. The van der Waals surface area contributed by atoms with E-state index in [1.807, 2.05) is 0 Å². The molecule has 1 aliphatic rings. The Balaban J connectivity index is 2.52. The first-order chi connectivity index (χ1) is 8.47. The normalized spacial score (nSPS) is 20.2. The molecule has 3 N–H and O–H groups in total. The van der Waals surface area contributed by atoms with Crippen molar-refractivity contribution in [2.75, 3.05) is 26.2 Å². The summed E-state index contributed by atoms with van der Waals surface area (Å²) in [6.45, 7) is 10.9. The molecular weight excluding hydrogens is 226 g/mol. The van der Waals surface area contributed by atoms with Gasteiger partial charge in [-0.25, -0.2) is 0 Å². The number of nitrogens with one attached hydrogen (secondary N) is 1. The first-order valence-corrected chi connectivity index (χ1v) is 7.23. The molecule has 1 rings (SSSR count). The molecule has 0 aliphatic carbocycles. The number of hydrogen-bond acceptors (Lipinski definition) is 3. The third-order valence-electron chi connectivity index (χ3n) is 3.70. The molecule has 0 saturated carbocycles. The molecule has 1 saturated heterocycles. The Morgan fingerprint density at radius 2 is 2.00 bits per heavy atom. The maximum Gasteiger partial charge on any atom is 0.219 e. The summed E-state index contributed by atoms with van der Waals surface area (Å²) >= 11 is 0. The van der Waals surface area contributed by atoms with Gasteiger partial charge in [-0.2, -0.15) is 0 Å². The van der Waals surface area contributed by atoms with Crippen LogP contribution in [0, 0.1) is 5.92 Å². The van der Waals surface area contributed by atoms with Crippen molar-refractivity contribution in [3.05, 3.63) is 0 Å². The van der Waals surface area contributed by atoms with Gasteiger partial charge in [0.25, 0.3) is 0 Å². The largest absolute Gasteiger partial charge is 0.370 e. The van der Waals surface area contributed by atoms with Crippen LogP contribution in [-0.4, -0.2) is 42.5 Å². The molecule has 106 valence electrons. The third kappa shape index (κ3) is 4.94. The highest BCUT2D eigenvalue weighted by molar-refractivity contribution is 5.75. The zero-order valence-electron chi connectivity index (χ0n) is 12.2. The van der Waals surface area contributed by atoms with Crippen LogP contribution < -0.4 is 11.1 Å². The van der Waals surface area contributed by atoms with Gasteiger partial charge in [0.2, 0.25) is 5.91 Å². The summed E-state index contributed by atoms with van der Waals surface area (Å²) < 4.78 is 0. The van der Waals surface area contributed by atoms with Crippen LogP contribution in [-0.2, 0) is 4.79 Å². The standard InChI is InChI=1S/C14H29N3O/c1-4-7-16-14(10-13(15)18)5-8-17(9-6-14)11-12(2)3/h12,16H,4-11H2,1-3H3,(H2,15,18). The van der Waals surface area contributed by atoms with Crippen LogP contribution in [0.1, 0.15) is 46.5 Å². The van der Waals surface area contributed by atoms with E-state index in [1.54, 1.807) is 0 Å². The summed E-state index contributed by atoms with van der Waals surface area (Å²) in [7, 11) is 0. The summed E-state index contributed by atoms with van der Waals surface area (Å²) in [5.74, 6) is 0.521. The lowest BCUT2D eigenvalue weighted by atomic mass is 9.83. The molecule has 1 heterocycles. The van der Waals surface area contributed by atoms with Gasteiger partial charge >= 0.3 is 0 Å². The van der Waals surface area contributed by atoms with Gasteiger partial charge in [-0.3, -0.25) is 4.79 Å². The molecule has 0 bridgehead atoms. The molecule has 0 atom stereocenters. The Labute approximate surface area is 111 Å². The van der Waals surface area contributed by atoms with E-state index in [4.69, 9.17) is 5.73 Å². The summed E-state index contributed by atoms with van der Waals surface area (Å²) in [6.07, 6.45) is 3.63. The van der Waals surface area contributed by atoms with E-state index < -0.39 is 0 Å². The number of hydrogen-bond donors (Lipinski definition) is 2. The smallest absolute Gasteiger partial charge is 0.219 e. The molecule has 0 aromatic heterocycles. The molecule has 0 aromatic rings. The summed E-state index contributed by atoms with van der Waals surface area (Å²) in [5, 5.41) is 3.56. The zero-order valence-corrected chi connectivity index (χ0v) is 12.2. The minimum absolute atomic E-state index is 0.0463. The van der Waals surface area contributed by atoms with E-state index >= 15 is 0 Å². The second kappa shape index (κ2) is 7.10. The maximum atomic E-state index is 11.3. The Bertz CT molecular complexity index is 258. The van der Waals surface area contributed by atoms with Crippen molar-refractivity contribution in [2.45, 2.75) is 52.0 Å². The fourth-order valence-corrected chi connectivity index (χ4v) is 2.82. The minimum atomic E-state index is -0.184. The molecule has 4 heteroatoms. The van der Waals surface area contributed by atoms with Crippen LogP contribution in [0.2, 0.25) is 0 Å². The Hall–Kier alpha value is -0.610. The van der Waals surface area contributed by atoms with Gasteiger partial charge in [0.05, 0.1) is 0 Å². The predicted octanol–water partition coefficient (Wildman–Crippen LogP) is 1.35. The number of piperidine rings is 1. The second-order valence-corrected chi connectivity index (χ2v) is 6.04. The van der Waals surface area contributed by atoms with Crippen molar-refractivity contribution in [3.63, 3.8) is 0 Å². The van der Waals surface area contributed by atoms with Crippen molar-refractivity contribution < 1.29 is 4.79 Å². The van der Waals surface area contributed by atoms with Crippen LogP contribution in [0.25, 0.3) is 0 Å². The van der Waals surface area contributed by atoms with Gasteiger partial charge in [0.15, 0.2) is 0 Å². The highest BCUT2D eigenvalue weighted by Gasteiger charge is 2.35. The topological polar surface area (TPSA) is 58.4 Å². The van der Waals surface area contributed by atoms with Gasteiger partial charge in [-0.15, -0.1) is 0 Å². The number of carbonyl (C=O) groups is 1. The van der Waals surface area contributed by atoms with Crippen LogP contribution in [0.5, 0.6) is 0 Å². The zero-order chi connectivity index (χ0) is 13.6. The quantitative estimate of drug-likeness (QED) is 0.722. The third-order valence-corrected chi connectivity index (χ3v) is 3.70. The Morgan fingerprint density at radius 3 is 2.44 bits per heavy atom. The lowest BCUT2D eigenvalue weighted by Gasteiger charge is -2.42. The van der Waals surface area contributed by atoms with E-state index in [2.05, 4.69) is 31.0 Å². The molecule has 0 unspecified atom stereocenters. The highest BCUT2D eigenvalue weighted by atomic mass is 16.1. The van der Waals surface area contributed by atoms with E-state index in [0.29, 0.717) is 12.3 Å². The Morgan fingerprint density at radius 1 is 1.39 bits per heavy atom. The SMILES string of the molecule is CCCNC1(CC(N)=O)CCN(CC(C)C)CC1. The number of rotatable bonds is 7. The van der Waals surface area contributed by atoms with Crippen molar-refractivity contribution in [3.8, 4) is 0 Å². The lowest BCUT2D eigenvalue weighted by Crippen LogP contribution is -2.55. The number of primary amides is 1. The molecule has 0 spiro atoms. The number of nitrogens with two attached hydrogens (primary N) is 1. The number of nitrogens with zero attached hydrogens (tertiary/aromatic N) is 1. The number of amides is 1. The van der Waals surface area contributed by atoms with Crippen molar-refractivity contribution >= 4 is 5.91 Å². The van der Waals surface area contributed by atoms with Gasteiger partial charge in [0.1, 0.15) is 0 Å². The van der Waals surface area contributed by atoms with Gasteiger partial charge < -0.3 is 16.0 Å². The molecule has 0 radical (unpaired) electrons. The minimum Gasteiger partial charge on any atom is -0.370 e. The molecule has 4 nitrogen and oxygen atoms in total. The first kappa shape index (κ1) is 15.4. The van der Waals surface area contributed by atoms with Gasteiger partial charge in [0, 0.05) is 18.5 Å². The summed E-state index contributed by atoms with van der Waals surface area (Å²) in [4.78, 5) is 13.8. The number of carbonyl (C=O) groups excluding carboxylic acids is 1. The highest BCUT2D eigenvalue weighted by Crippen LogP contribution is 2.26. The first-order valence-electron chi connectivity index (χ1n) is 7.23. The van der Waals surface area contributed by atoms with Crippen LogP contribution in [0.3, 0.4) is 0 Å². The van der Waals surface area contributed by atoms with Crippen LogP contribution in [0.15, 0.2) is 0 Å². The fraction of sp³-hybridized carbons (Fsp3) is 0.929. The van der Waals surface area contributed by atoms with Crippen molar-refractivity contribution in [1.82, 2.24) is 10.2 Å². The van der Waals surface area contributed by atoms with Crippen LogP contribution in [0.4, 0.5) is 0 Å². The monoisotopic (exact) mass is 255 g/mol. The Kier molecular flexibility index (Phi) is 6.09. The molecule has 1 amide bonds. The van der Waals surface area contributed by atoms with Crippen molar-refractivity contribution in [1.29, 1.82) is 0 Å². The maximum absolute atomic E-state index is 11.3. The number of likely N-dealkylation sites (tertiary alicyclic amines) is 1. The summed E-state index contributed by atoms with van der Waals surface area (Å²) in [6, 6.07) is 0. The van der Waals surface area contributed by atoms with Gasteiger partial charge in [-0.1, -0.05) is 20.8 Å². The van der Waals surface area contributed by atoms with Crippen molar-refractivity contribution in [2.24, 2.45) is 11.7 Å². The predicted molar refractivity (Wildman–Crippen MR) is 75.3 cm³/mol. The molecule has 1 aliphatic heterocycles. The molecule has 18 heavy (non-hydrogen) atoms. The lowest BCUT2D eigenvalue weighted by molar-refractivity contribution is -0.120. The molecule has 1 fully saturated rings. The molecule has 0 aromatic carbocycles. The molecular formula is C14H29N3O. The van der Waals surface area contributed by atoms with E-state index in [-0.39, 0.29) is 11.4 Å². The van der Waals surface area contributed by atoms with Gasteiger partial charge in [-0.05, 0) is 44.8 Å². The van der Waals surface area contributed by atoms with Crippen LogP contribution >= 0.6 is 0 Å².